The van der Waals surface area contributed by atoms with Crippen LogP contribution in [0.25, 0.3) is 10.9 Å². The van der Waals surface area contributed by atoms with Crippen molar-refractivity contribution in [3.63, 3.8) is 0 Å². The first-order valence-electron chi connectivity index (χ1n) is 6.67. The van der Waals surface area contributed by atoms with Crippen molar-refractivity contribution in [1.29, 1.82) is 0 Å². The summed E-state index contributed by atoms with van der Waals surface area (Å²) >= 11 is 0. The molecule has 0 saturated carbocycles. The Labute approximate surface area is 118 Å². The first-order valence-corrected chi connectivity index (χ1v) is 6.67. The van der Waals surface area contributed by atoms with E-state index in [1.807, 2.05) is 45.0 Å². The summed E-state index contributed by atoms with van der Waals surface area (Å²) in [5, 5.41) is 17.3. The number of benzene rings is 1. The maximum Gasteiger partial charge on any atom is 0.275 e. The second-order valence-corrected chi connectivity index (χ2v) is 6.10. The molecule has 0 radical (unpaired) electrons. The Morgan fingerprint density at radius 2 is 2.05 bits per heavy atom. The van der Waals surface area contributed by atoms with Gasteiger partial charge in [-0.15, -0.1) is 0 Å². The highest BCUT2D eigenvalue weighted by Gasteiger charge is 2.32. The molecule has 2 aromatic rings. The number of nitrogens with zero attached hydrogens (tertiary/aromatic N) is 2. The monoisotopic (exact) mass is 275 g/mol. The highest BCUT2D eigenvalue weighted by Crippen LogP contribution is 2.25. The van der Waals surface area contributed by atoms with Gasteiger partial charge in [0.05, 0.1) is 18.2 Å². The predicted octanol–water partition coefficient (Wildman–Crippen LogP) is 2.04. The number of hydrogen-bond acceptors (Lipinski definition) is 3. The summed E-state index contributed by atoms with van der Waals surface area (Å²) in [6.07, 6.45) is 0. The smallest absolute Gasteiger partial charge is 0.275 e. The fraction of sp³-hybridized carbons (Fsp3) is 0.467. The molecule has 5 heteroatoms. The lowest BCUT2D eigenvalue weighted by atomic mass is 9.86. The number of aliphatic hydroxyl groups is 1. The number of fused-ring (bicyclic) bond motifs is 1. The molecule has 2 rings (SSSR count). The zero-order valence-corrected chi connectivity index (χ0v) is 12.3. The number of carbonyl (C=O) groups is 1. The zero-order chi connectivity index (χ0) is 14.9. The van der Waals surface area contributed by atoms with E-state index in [9.17, 15) is 9.90 Å². The van der Waals surface area contributed by atoms with Gasteiger partial charge in [-0.1, -0.05) is 39.0 Å². The van der Waals surface area contributed by atoms with E-state index in [1.54, 1.807) is 11.9 Å². The van der Waals surface area contributed by atoms with Gasteiger partial charge in [-0.05, 0) is 11.5 Å². The number of aromatic nitrogens is 2. The lowest BCUT2D eigenvalue weighted by Gasteiger charge is -2.36. The first kappa shape index (κ1) is 14.5. The van der Waals surface area contributed by atoms with E-state index in [0.29, 0.717) is 5.69 Å². The largest absolute Gasteiger partial charge is 0.394 e. The van der Waals surface area contributed by atoms with Crippen LogP contribution >= 0.6 is 0 Å². The lowest BCUT2D eigenvalue weighted by molar-refractivity contribution is 0.0430. The van der Waals surface area contributed by atoms with Crippen molar-refractivity contribution in [1.82, 2.24) is 15.1 Å². The molecule has 0 saturated heterocycles. The van der Waals surface area contributed by atoms with Gasteiger partial charge < -0.3 is 10.0 Å². The number of rotatable bonds is 3. The Hall–Kier alpha value is -1.88. The zero-order valence-electron chi connectivity index (χ0n) is 12.3. The molecule has 1 aromatic carbocycles. The van der Waals surface area contributed by atoms with Gasteiger partial charge in [-0.2, -0.15) is 5.10 Å². The quantitative estimate of drug-likeness (QED) is 0.900. The third-order valence-electron chi connectivity index (χ3n) is 3.63. The summed E-state index contributed by atoms with van der Waals surface area (Å²) < 4.78 is 0. The number of carbonyl (C=O) groups excluding carboxylic acids is 1. The Morgan fingerprint density at radius 1 is 1.40 bits per heavy atom. The molecule has 0 fully saturated rings. The van der Waals surface area contributed by atoms with Crippen LogP contribution in [0.3, 0.4) is 0 Å². The molecular formula is C15H21N3O2. The molecule has 0 aliphatic carbocycles. The minimum Gasteiger partial charge on any atom is -0.394 e. The molecule has 20 heavy (non-hydrogen) atoms. The van der Waals surface area contributed by atoms with Crippen molar-refractivity contribution in [2.24, 2.45) is 5.41 Å². The molecule has 5 nitrogen and oxygen atoms in total. The SMILES string of the molecule is CN(C(=O)c1n[nH]c2ccccc12)[C@@H](CO)C(C)(C)C. The summed E-state index contributed by atoms with van der Waals surface area (Å²) in [5.41, 5.74) is 1.03. The third-order valence-corrected chi connectivity index (χ3v) is 3.63. The van der Waals surface area contributed by atoms with E-state index >= 15 is 0 Å². The number of para-hydroxylation sites is 1. The van der Waals surface area contributed by atoms with Crippen LogP contribution in [0.2, 0.25) is 0 Å². The number of aromatic amines is 1. The third kappa shape index (κ3) is 2.54. The molecule has 2 N–H and O–H groups in total. The van der Waals surface area contributed by atoms with Crippen molar-refractivity contribution in [3.05, 3.63) is 30.0 Å². The van der Waals surface area contributed by atoms with E-state index in [4.69, 9.17) is 0 Å². The predicted molar refractivity (Wildman–Crippen MR) is 78.5 cm³/mol. The fourth-order valence-electron chi connectivity index (χ4n) is 2.41. The maximum atomic E-state index is 12.6. The number of nitrogens with one attached hydrogen (secondary N) is 1. The average molecular weight is 275 g/mol. The van der Waals surface area contributed by atoms with Crippen molar-refractivity contribution in [2.75, 3.05) is 13.7 Å². The molecule has 0 bridgehead atoms. The minimum absolute atomic E-state index is 0.0753. The molecular weight excluding hydrogens is 254 g/mol. The van der Waals surface area contributed by atoms with E-state index in [2.05, 4.69) is 10.2 Å². The average Bonchev–Trinajstić information content (AvgIpc) is 2.80. The summed E-state index contributed by atoms with van der Waals surface area (Å²) in [5.74, 6) is -0.184. The van der Waals surface area contributed by atoms with Crippen LogP contribution in [0.15, 0.2) is 24.3 Å². The lowest BCUT2D eigenvalue weighted by Crippen LogP contribution is -2.47. The van der Waals surface area contributed by atoms with Crippen LogP contribution < -0.4 is 0 Å². The van der Waals surface area contributed by atoms with Crippen molar-refractivity contribution in [3.8, 4) is 0 Å². The second kappa shape index (κ2) is 5.25. The van der Waals surface area contributed by atoms with Gasteiger partial charge >= 0.3 is 0 Å². The van der Waals surface area contributed by atoms with Crippen LogP contribution in [-0.2, 0) is 0 Å². The molecule has 0 spiro atoms. The highest BCUT2D eigenvalue weighted by atomic mass is 16.3. The Morgan fingerprint density at radius 3 is 2.65 bits per heavy atom. The molecule has 1 atom stereocenters. The van der Waals surface area contributed by atoms with E-state index < -0.39 is 0 Å². The van der Waals surface area contributed by atoms with Crippen molar-refractivity contribution >= 4 is 16.8 Å². The standard InChI is InChI=1S/C15H21N3O2/c1-15(2,3)12(9-19)18(4)14(20)13-10-7-5-6-8-11(10)16-17-13/h5-8,12,19H,9H2,1-4H3,(H,16,17)/t12-/m0/s1. The van der Waals surface area contributed by atoms with E-state index in [0.717, 1.165) is 10.9 Å². The number of amides is 1. The molecule has 0 aliphatic heterocycles. The van der Waals surface area contributed by atoms with Gasteiger partial charge in [0.25, 0.3) is 5.91 Å². The number of aliphatic hydroxyl groups excluding tert-OH is 1. The van der Waals surface area contributed by atoms with Crippen LogP contribution in [-0.4, -0.2) is 45.8 Å². The number of likely N-dealkylation sites (N-methyl/N-ethyl adjacent to an activating group) is 1. The first-order chi connectivity index (χ1) is 9.36. The molecule has 1 heterocycles. The van der Waals surface area contributed by atoms with Crippen molar-refractivity contribution < 1.29 is 9.90 Å². The van der Waals surface area contributed by atoms with Gasteiger partial charge in [0.2, 0.25) is 0 Å². The van der Waals surface area contributed by atoms with Crippen LogP contribution in [0.5, 0.6) is 0 Å². The van der Waals surface area contributed by atoms with Crippen molar-refractivity contribution in [2.45, 2.75) is 26.8 Å². The molecule has 0 aliphatic rings. The minimum atomic E-state index is -0.259. The summed E-state index contributed by atoms with van der Waals surface area (Å²) in [6, 6.07) is 7.26. The van der Waals surface area contributed by atoms with Gasteiger partial charge in [0.15, 0.2) is 5.69 Å². The molecule has 0 unspecified atom stereocenters. The summed E-state index contributed by atoms with van der Waals surface area (Å²) in [6.45, 7) is 5.93. The van der Waals surface area contributed by atoms with Crippen LogP contribution in [0, 0.1) is 5.41 Å². The fourth-order valence-corrected chi connectivity index (χ4v) is 2.41. The molecule has 1 amide bonds. The topological polar surface area (TPSA) is 69.2 Å². The van der Waals surface area contributed by atoms with Crippen LogP contribution in [0.4, 0.5) is 0 Å². The van der Waals surface area contributed by atoms with Gasteiger partial charge in [0.1, 0.15) is 0 Å². The summed E-state index contributed by atoms with van der Waals surface area (Å²) in [4.78, 5) is 14.2. The van der Waals surface area contributed by atoms with E-state index in [1.165, 1.54) is 0 Å². The normalized spacial score (nSPS) is 13.4. The van der Waals surface area contributed by atoms with Gasteiger partial charge in [0, 0.05) is 12.4 Å². The maximum absolute atomic E-state index is 12.6. The Kier molecular flexibility index (Phi) is 3.81. The Balaban J connectivity index is 2.35. The molecule has 108 valence electrons. The Bertz CT molecular complexity index is 613. The second-order valence-electron chi connectivity index (χ2n) is 6.10. The van der Waals surface area contributed by atoms with Gasteiger partial charge in [-0.3, -0.25) is 9.89 Å². The summed E-state index contributed by atoms with van der Waals surface area (Å²) in [7, 11) is 1.71. The van der Waals surface area contributed by atoms with Gasteiger partial charge in [-0.25, -0.2) is 0 Å². The highest BCUT2D eigenvalue weighted by molar-refractivity contribution is 6.04. The molecule has 1 aromatic heterocycles. The van der Waals surface area contributed by atoms with E-state index in [-0.39, 0.29) is 24.0 Å². The number of hydrogen-bond donors (Lipinski definition) is 2. The van der Waals surface area contributed by atoms with Crippen LogP contribution in [0.1, 0.15) is 31.3 Å². The number of H-pyrrole nitrogens is 1.